The molecule has 0 radical (unpaired) electrons. The summed E-state index contributed by atoms with van der Waals surface area (Å²) in [7, 11) is 0. The molecule has 1 N–H and O–H groups in total. The highest BCUT2D eigenvalue weighted by molar-refractivity contribution is 4.82. The van der Waals surface area contributed by atoms with Crippen molar-refractivity contribution in [1.29, 1.82) is 0 Å². The van der Waals surface area contributed by atoms with Gasteiger partial charge in [0.05, 0.1) is 0 Å². The molecule has 0 aromatic heterocycles. The van der Waals surface area contributed by atoms with Crippen LogP contribution in [0, 0.1) is 11.8 Å². The van der Waals surface area contributed by atoms with Gasteiger partial charge >= 0.3 is 0 Å². The molecule has 0 bridgehead atoms. The van der Waals surface area contributed by atoms with E-state index in [4.69, 9.17) is 0 Å². The predicted molar refractivity (Wildman–Crippen MR) is 76.4 cm³/mol. The molecule has 2 aliphatic heterocycles. The number of piperidine rings is 2. The molecule has 2 aliphatic rings. The fraction of sp³-hybridized carbons (Fsp3) is 1.00. The molecular formula is C15H32N2. The van der Waals surface area contributed by atoms with Gasteiger partial charge in [-0.2, -0.15) is 0 Å². The van der Waals surface area contributed by atoms with Crippen molar-refractivity contribution in [2.45, 2.75) is 59.4 Å². The summed E-state index contributed by atoms with van der Waals surface area (Å²) < 4.78 is 0. The van der Waals surface area contributed by atoms with Crippen molar-refractivity contribution < 1.29 is 0 Å². The van der Waals surface area contributed by atoms with Crippen LogP contribution in [0.3, 0.4) is 0 Å². The van der Waals surface area contributed by atoms with Crippen LogP contribution in [-0.2, 0) is 0 Å². The highest BCUT2D eigenvalue weighted by Crippen LogP contribution is 2.26. The number of rotatable bonds is 2. The maximum absolute atomic E-state index is 3.45. The lowest BCUT2D eigenvalue weighted by Crippen LogP contribution is -2.47. The lowest BCUT2D eigenvalue weighted by molar-refractivity contribution is 0.0970. The summed E-state index contributed by atoms with van der Waals surface area (Å²) in [6.45, 7) is 13.9. The van der Waals surface area contributed by atoms with E-state index in [1.165, 1.54) is 51.9 Å². The van der Waals surface area contributed by atoms with E-state index in [0.717, 1.165) is 17.9 Å². The van der Waals surface area contributed by atoms with E-state index >= 15 is 0 Å². The van der Waals surface area contributed by atoms with Gasteiger partial charge in [-0.25, -0.2) is 0 Å². The summed E-state index contributed by atoms with van der Waals surface area (Å²) in [5, 5.41) is 3.45. The Bertz CT molecular complexity index is 177. The third-order valence-corrected chi connectivity index (χ3v) is 4.34. The van der Waals surface area contributed by atoms with Crippen LogP contribution in [0.2, 0.25) is 0 Å². The second-order valence-electron chi connectivity index (χ2n) is 5.60. The lowest BCUT2D eigenvalue weighted by atomic mass is 9.85. The number of nitrogens with zero attached hydrogens (tertiary/aromatic N) is 1. The molecule has 0 spiro atoms. The Balaban J connectivity index is 0.000000686. The maximum atomic E-state index is 3.45. The molecule has 2 heterocycles. The van der Waals surface area contributed by atoms with Gasteiger partial charge in [0.15, 0.2) is 0 Å². The van der Waals surface area contributed by atoms with Crippen molar-refractivity contribution in [3.8, 4) is 0 Å². The molecule has 2 rings (SSSR count). The summed E-state index contributed by atoms with van der Waals surface area (Å²) in [5.74, 6) is 1.88. The van der Waals surface area contributed by atoms with Gasteiger partial charge < -0.3 is 10.2 Å². The molecule has 0 saturated carbocycles. The molecule has 0 aliphatic carbocycles. The van der Waals surface area contributed by atoms with Gasteiger partial charge in [0, 0.05) is 6.04 Å². The van der Waals surface area contributed by atoms with Crippen molar-refractivity contribution in [2.75, 3.05) is 26.2 Å². The van der Waals surface area contributed by atoms with E-state index in [1.807, 2.05) is 13.8 Å². The Hall–Kier alpha value is -0.0800. The second-order valence-corrected chi connectivity index (χ2v) is 5.60. The quantitative estimate of drug-likeness (QED) is 0.798. The fourth-order valence-electron chi connectivity index (χ4n) is 3.12. The molecule has 102 valence electrons. The lowest BCUT2D eigenvalue weighted by Gasteiger charge is -2.40. The van der Waals surface area contributed by atoms with Gasteiger partial charge in [0.1, 0.15) is 0 Å². The number of nitrogens with one attached hydrogen (secondary N) is 1. The van der Waals surface area contributed by atoms with Gasteiger partial charge in [0.25, 0.3) is 0 Å². The summed E-state index contributed by atoms with van der Waals surface area (Å²) >= 11 is 0. The van der Waals surface area contributed by atoms with Gasteiger partial charge in [-0.1, -0.05) is 27.7 Å². The minimum Gasteiger partial charge on any atom is -0.317 e. The van der Waals surface area contributed by atoms with Crippen molar-refractivity contribution in [3.05, 3.63) is 0 Å². The first kappa shape index (κ1) is 15.0. The Morgan fingerprint density at radius 2 is 1.47 bits per heavy atom. The van der Waals surface area contributed by atoms with E-state index in [2.05, 4.69) is 24.1 Å². The van der Waals surface area contributed by atoms with Crippen molar-refractivity contribution >= 4 is 0 Å². The summed E-state index contributed by atoms with van der Waals surface area (Å²) in [4.78, 5) is 2.75. The average Bonchev–Trinajstić information content (AvgIpc) is 2.42. The molecule has 0 aromatic carbocycles. The van der Waals surface area contributed by atoms with Gasteiger partial charge in [0.2, 0.25) is 0 Å². The second kappa shape index (κ2) is 8.10. The average molecular weight is 240 g/mol. The van der Waals surface area contributed by atoms with E-state index in [0.29, 0.717) is 0 Å². The van der Waals surface area contributed by atoms with Gasteiger partial charge in [-0.3, -0.25) is 0 Å². The van der Waals surface area contributed by atoms with E-state index in [-0.39, 0.29) is 0 Å². The molecule has 0 atom stereocenters. The zero-order valence-electron chi connectivity index (χ0n) is 12.3. The third kappa shape index (κ3) is 4.59. The van der Waals surface area contributed by atoms with E-state index in [1.54, 1.807) is 0 Å². The van der Waals surface area contributed by atoms with Crippen molar-refractivity contribution in [3.63, 3.8) is 0 Å². The number of hydrogen-bond donors (Lipinski definition) is 1. The first-order valence-electron chi connectivity index (χ1n) is 7.72. The van der Waals surface area contributed by atoms with Crippen LogP contribution >= 0.6 is 0 Å². The SMILES string of the molecule is CC.CC(C)C1CCN(C2CCNCC2)CC1. The Kier molecular flexibility index (Phi) is 7.14. The molecule has 2 nitrogen and oxygen atoms in total. The summed E-state index contributed by atoms with van der Waals surface area (Å²) in [6.07, 6.45) is 5.60. The van der Waals surface area contributed by atoms with Crippen LogP contribution in [0.15, 0.2) is 0 Å². The Labute approximate surface area is 108 Å². The summed E-state index contributed by atoms with van der Waals surface area (Å²) in [6, 6.07) is 0.888. The largest absolute Gasteiger partial charge is 0.317 e. The highest BCUT2D eigenvalue weighted by Gasteiger charge is 2.26. The van der Waals surface area contributed by atoms with Gasteiger partial charge in [-0.05, 0) is 63.7 Å². The third-order valence-electron chi connectivity index (χ3n) is 4.34. The molecule has 0 amide bonds. The normalized spacial score (nSPS) is 24.5. The molecule has 2 fully saturated rings. The van der Waals surface area contributed by atoms with E-state index < -0.39 is 0 Å². The van der Waals surface area contributed by atoms with Crippen LogP contribution in [0.25, 0.3) is 0 Å². The minimum absolute atomic E-state index is 0.888. The highest BCUT2D eigenvalue weighted by atomic mass is 15.2. The van der Waals surface area contributed by atoms with Crippen LogP contribution in [0.4, 0.5) is 0 Å². The van der Waals surface area contributed by atoms with Gasteiger partial charge in [-0.15, -0.1) is 0 Å². The van der Waals surface area contributed by atoms with Crippen LogP contribution in [-0.4, -0.2) is 37.1 Å². The number of likely N-dealkylation sites (tertiary alicyclic amines) is 1. The summed E-state index contributed by atoms with van der Waals surface area (Å²) in [5.41, 5.74) is 0. The van der Waals surface area contributed by atoms with Crippen LogP contribution < -0.4 is 5.32 Å². The van der Waals surface area contributed by atoms with Crippen molar-refractivity contribution in [1.82, 2.24) is 10.2 Å². The molecular weight excluding hydrogens is 208 g/mol. The zero-order chi connectivity index (χ0) is 12.7. The predicted octanol–water partition coefficient (Wildman–Crippen LogP) is 3.13. The molecule has 17 heavy (non-hydrogen) atoms. The molecule has 2 saturated heterocycles. The Morgan fingerprint density at radius 3 is 1.94 bits per heavy atom. The first-order valence-corrected chi connectivity index (χ1v) is 7.72. The molecule has 0 aromatic rings. The van der Waals surface area contributed by atoms with Crippen LogP contribution in [0.1, 0.15) is 53.4 Å². The Morgan fingerprint density at radius 1 is 0.941 bits per heavy atom. The fourth-order valence-corrected chi connectivity index (χ4v) is 3.12. The first-order chi connectivity index (χ1) is 8.27. The monoisotopic (exact) mass is 240 g/mol. The minimum atomic E-state index is 0.888. The maximum Gasteiger partial charge on any atom is 0.0119 e. The molecule has 0 unspecified atom stereocenters. The van der Waals surface area contributed by atoms with Crippen molar-refractivity contribution in [2.24, 2.45) is 11.8 Å². The zero-order valence-corrected chi connectivity index (χ0v) is 12.3. The standard InChI is InChI=1S/C13H26N2.C2H6/c1-11(2)12-5-9-15(10-6-12)13-3-7-14-8-4-13;1-2/h11-14H,3-10H2,1-2H3;1-2H3. The topological polar surface area (TPSA) is 15.3 Å². The van der Waals surface area contributed by atoms with Crippen LogP contribution in [0.5, 0.6) is 0 Å². The smallest absolute Gasteiger partial charge is 0.0119 e. The molecule has 2 heteroatoms. The number of hydrogen-bond acceptors (Lipinski definition) is 2. The van der Waals surface area contributed by atoms with E-state index in [9.17, 15) is 0 Å².